The molecular formula is C9H7ClINO4. The summed E-state index contributed by atoms with van der Waals surface area (Å²) in [6.45, 7) is 0. The number of hydrogen-bond donors (Lipinski definition) is 0. The van der Waals surface area contributed by atoms with Crippen molar-refractivity contribution >= 4 is 45.7 Å². The molecule has 0 unspecified atom stereocenters. The standard InChI is InChI=1S/C9H7ClINO4/c1-16-9-3-7(12(14)15)5(2-6(9)11)8(13)4-10/h2-3H,4H2,1H3. The Morgan fingerprint density at radius 3 is 2.69 bits per heavy atom. The highest BCUT2D eigenvalue weighted by molar-refractivity contribution is 14.1. The van der Waals surface area contributed by atoms with Crippen LogP contribution in [0.4, 0.5) is 5.69 Å². The largest absolute Gasteiger partial charge is 0.495 e. The van der Waals surface area contributed by atoms with Gasteiger partial charge in [0.25, 0.3) is 5.69 Å². The second-order valence-electron chi connectivity index (χ2n) is 2.82. The highest BCUT2D eigenvalue weighted by Crippen LogP contribution is 2.30. The number of ketones is 1. The van der Waals surface area contributed by atoms with Gasteiger partial charge in [-0.2, -0.15) is 0 Å². The van der Waals surface area contributed by atoms with E-state index in [0.29, 0.717) is 9.32 Å². The zero-order chi connectivity index (χ0) is 12.3. The first-order valence-electron chi connectivity index (χ1n) is 4.12. The molecule has 16 heavy (non-hydrogen) atoms. The lowest BCUT2D eigenvalue weighted by Crippen LogP contribution is -2.06. The van der Waals surface area contributed by atoms with Crippen LogP contribution in [0.3, 0.4) is 0 Å². The molecule has 1 aromatic rings. The van der Waals surface area contributed by atoms with E-state index >= 15 is 0 Å². The molecule has 5 nitrogen and oxygen atoms in total. The Kier molecular flexibility index (Phi) is 4.48. The highest BCUT2D eigenvalue weighted by atomic mass is 127. The van der Waals surface area contributed by atoms with Crippen LogP contribution in [0.5, 0.6) is 5.75 Å². The average molecular weight is 356 g/mol. The first kappa shape index (κ1) is 13.2. The predicted octanol–water partition coefficient (Wildman–Crippen LogP) is 2.63. The van der Waals surface area contributed by atoms with Crippen LogP contribution < -0.4 is 4.74 Å². The van der Waals surface area contributed by atoms with Crippen LogP contribution in [0.15, 0.2) is 12.1 Å². The van der Waals surface area contributed by atoms with E-state index in [9.17, 15) is 14.9 Å². The fourth-order valence-corrected chi connectivity index (χ4v) is 1.98. The summed E-state index contributed by atoms with van der Waals surface area (Å²) in [6.07, 6.45) is 0. The Labute approximate surface area is 110 Å². The Morgan fingerprint density at radius 2 is 2.25 bits per heavy atom. The van der Waals surface area contributed by atoms with Crippen LogP contribution in [0, 0.1) is 13.7 Å². The third-order valence-corrected chi connectivity index (χ3v) is 2.97. The molecule has 1 aromatic carbocycles. The molecule has 0 bridgehead atoms. The van der Waals surface area contributed by atoms with Crippen LogP contribution in [0.25, 0.3) is 0 Å². The number of rotatable bonds is 4. The maximum Gasteiger partial charge on any atom is 0.284 e. The van der Waals surface area contributed by atoms with Gasteiger partial charge in [-0.05, 0) is 28.7 Å². The molecule has 0 aliphatic heterocycles. The van der Waals surface area contributed by atoms with Gasteiger partial charge >= 0.3 is 0 Å². The highest BCUT2D eigenvalue weighted by Gasteiger charge is 2.22. The number of carbonyl (C=O) groups is 1. The normalized spacial score (nSPS) is 9.94. The van der Waals surface area contributed by atoms with E-state index < -0.39 is 10.7 Å². The van der Waals surface area contributed by atoms with Crippen molar-refractivity contribution in [1.29, 1.82) is 0 Å². The fraction of sp³-hybridized carbons (Fsp3) is 0.222. The van der Waals surface area contributed by atoms with Gasteiger partial charge in [-0.1, -0.05) is 0 Å². The van der Waals surface area contributed by atoms with Gasteiger partial charge in [-0.15, -0.1) is 11.6 Å². The van der Waals surface area contributed by atoms with Gasteiger partial charge in [0.05, 0.1) is 33.1 Å². The van der Waals surface area contributed by atoms with Crippen LogP contribution in [-0.4, -0.2) is 23.7 Å². The Balaban J connectivity index is 3.42. The molecule has 0 N–H and O–H groups in total. The number of Topliss-reactive ketones (excluding diaryl/α,β-unsaturated/α-hetero) is 1. The molecule has 0 radical (unpaired) electrons. The smallest absolute Gasteiger partial charge is 0.284 e. The maximum atomic E-state index is 11.4. The van der Waals surface area contributed by atoms with E-state index in [1.54, 1.807) is 0 Å². The summed E-state index contributed by atoms with van der Waals surface area (Å²) in [7, 11) is 1.41. The van der Waals surface area contributed by atoms with Crippen molar-refractivity contribution in [3.05, 3.63) is 31.4 Å². The van der Waals surface area contributed by atoms with Crippen molar-refractivity contribution in [2.24, 2.45) is 0 Å². The fourth-order valence-electron chi connectivity index (χ4n) is 1.15. The molecule has 0 heterocycles. The van der Waals surface area contributed by atoms with Crippen molar-refractivity contribution in [3.63, 3.8) is 0 Å². The summed E-state index contributed by atoms with van der Waals surface area (Å²) in [4.78, 5) is 21.6. The Hall–Kier alpha value is -0.890. The number of alkyl halides is 1. The molecule has 7 heteroatoms. The van der Waals surface area contributed by atoms with Gasteiger partial charge < -0.3 is 4.74 Å². The Morgan fingerprint density at radius 1 is 1.62 bits per heavy atom. The van der Waals surface area contributed by atoms with E-state index in [-0.39, 0.29) is 17.1 Å². The molecule has 0 saturated heterocycles. The lowest BCUT2D eigenvalue weighted by Gasteiger charge is -2.06. The first-order valence-corrected chi connectivity index (χ1v) is 5.73. The first-order chi connectivity index (χ1) is 7.51. The molecule has 0 saturated carbocycles. The molecule has 0 aliphatic carbocycles. The van der Waals surface area contributed by atoms with E-state index in [2.05, 4.69) is 0 Å². The van der Waals surface area contributed by atoms with Gasteiger partial charge in [-0.25, -0.2) is 0 Å². The van der Waals surface area contributed by atoms with E-state index in [0.717, 1.165) is 0 Å². The lowest BCUT2D eigenvalue weighted by atomic mass is 10.1. The van der Waals surface area contributed by atoms with E-state index in [1.165, 1.54) is 19.2 Å². The minimum atomic E-state index is -0.627. The van der Waals surface area contributed by atoms with Gasteiger partial charge in [0.15, 0.2) is 5.78 Å². The van der Waals surface area contributed by atoms with Crippen LogP contribution in [0.2, 0.25) is 0 Å². The zero-order valence-electron chi connectivity index (χ0n) is 8.20. The second kappa shape index (κ2) is 5.44. The van der Waals surface area contributed by atoms with Gasteiger partial charge in [-0.3, -0.25) is 14.9 Å². The van der Waals surface area contributed by atoms with Gasteiger partial charge in [0, 0.05) is 0 Å². The zero-order valence-corrected chi connectivity index (χ0v) is 11.1. The molecule has 0 aromatic heterocycles. The number of halogens is 2. The summed E-state index contributed by atoms with van der Waals surface area (Å²) >= 11 is 7.32. The topological polar surface area (TPSA) is 69.4 Å². The van der Waals surface area contributed by atoms with Crippen LogP contribution >= 0.6 is 34.2 Å². The number of nitro groups is 1. The number of carbonyl (C=O) groups excluding carboxylic acids is 1. The van der Waals surface area contributed by atoms with Crippen molar-refractivity contribution in [1.82, 2.24) is 0 Å². The molecule has 0 aliphatic rings. The summed E-state index contributed by atoms with van der Waals surface area (Å²) in [6, 6.07) is 2.63. The van der Waals surface area contributed by atoms with Crippen molar-refractivity contribution in [3.8, 4) is 5.75 Å². The Bertz CT molecular complexity index is 449. The number of nitro benzene ring substituents is 1. The molecule has 86 valence electrons. The summed E-state index contributed by atoms with van der Waals surface area (Å²) < 4.78 is 5.57. The van der Waals surface area contributed by atoms with Gasteiger partial charge in [0.2, 0.25) is 0 Å². The number of methoxy groups -OCH3 is 1. The summed E-state index contributed by atoms with van der Waals surface area (Å²) in [5, 5.41) is 10.8. The molecular weight excluding hydrogens is 348 g/mol. The third-order valence-electron chi connectivity index (χ3n) is 1.89. The molecule has 0 fully saturated rings. The minimum absolute atomic E-state index is 0.00481. The summed E-state index contributed by atoms with van der Waals surface area (Å²) in [5.74, 6) is -0.407. The van der Waals surface area contributed by atoms with E-state index in [1.807, 2.05) is 22.6 Å². The number of ether oxygens (including phenoxy) is 1. The SMILES string of the molecule is COc1cc([N+](=O)[O-])c(C(=O)CCl)cc1I. The summed E-state index contributed by atoms with van der Waals surface area (Å²) in [5.41, 5.74) is -0.284. The quantitative estimate of drug-likeness (QED) is 0.274. The molecule has 0 atom stereocenters. The molecule has 0 amide bonds. The van der Waals surface area contributed by atoms with Crippen LogP contribution in [0.1, 0.15) is 10.4 Å². The molecule has 0 spiro atoms. The average Bonchev–Trinajstić information content (AvgIpc) is 2.27. The number of benzene rings is 1. The van der Waals surface area contributed by atoms with Crippen molar-refractivity contribution < 1.29 is 14.5 Å². The van der Waals surface area contributed by atoms with Crippen molar-refractivity contribution in [2.45, 2.75) is 0 Å². The third kappa shape index (κ3) is 2.62. The number of nitrogens with zero attached hydrogens (tertiary/aromatic N) is 1. The maximum absolute atomic E-state index is 11.4. The lowest BCUT2D eigenvalue weighted by molar-refractivity contribution is -0.385. The van der Waals surface area contributed by atoms with E-state index in [4.69, 9.17) is 16.3 Å². The van der Waals surface area contributed by atoms with Gasteiger partial charge in [0.1, 0.15) is 5.75 Å². The van der Waals surface area contributed by atoms with Crippen molar-refractivity contribution in [2.75, 3.05) is 13.0 Å². The second-order valence-corrected chi connectivity index (χ2v) is 4.25. The van der Waals surface area contributed by atoms with Crippen LogP contribution in [-0.2, 0) is 0 Å². The number of hydrogen-bond acceptors (Lipinski definition) is 4. The predicted molar refractivity (Wildman–Crippen MR) is 67.4 cm³/mol. The molecule has 1 rings (SSSR count). The monoisotopic (exact) mass is 355 g/mol. The minimum Gasteiger partial charge on any atom is -0.495 e.